The Labute approximate surface area is 115 Å². The smallest absolute Gasteiger partial charge is 0.319 e. The van der Waals surface area contributed by atoms with Crippen LogP contribution in [0.15, 0.2) is 24.3 Å². The molecule has 2 atom stereocenters. The number of rotatable bonds is 2. The molecule has 1 heterocycles. The van der Waals surface area contributed by atoms with Crippen LogP contribution in [0.25, 0.3) is 0 Å². The van der Waals surface area contributed by atoms with E-state index < -0.39 is 28.0 Å². The highest BCUT2D eigenvalue weighted by Crippen LogP contribution is 2.15. The van der Waals surface area contributed by atoms with E-state index in [-0.39, 0.29) is 11.5 Å². The van der Waals surface area contributed by atoms with Crippen LogP contribution in [0, 0.1) is 0 Å². The molecule has 0 radical (unpaired) electrons. The number of anilines is 1. The van der Waals surface area contributed by atoms with Crippen LogP contribution in [0.1, 0.15) is 0 Å². The average molecular weight is 305 g/mol. The Morgan fingerprint density at radius 2 is 1.89 bits per heavy atom. The van der Waals surface area contributed by atoms with Crippen LogP contribution in [-0.4, -0.2) is 43.2 Å². The van der Waals surface area contributed by atoms with Crippen molar-refractivity contribution < 1.29 is 18.3 Å². The van der Waals surface area contributed by atoms with Gasteiger partial charge < -0.3 is 15.7 Å². The van der Waals surface area contributed by atoms with Crippen LogP contribution in [0.3, 0.4) is 0 Å². The Kier molecular flexibility index (Phi) is 3.98. The second kappa shape index (κ2) is 5.36. The molecule has 0 bridgehead atoms. The lowest BCUT2D eigenvalue weighted by Gasteiger charge is -2.15. The normalized spacial score (nSPS) is 24.9. The summed E-state index contributed by atoms with van der Waals surface area (Å²) in [7, 11) is -3.28. The Morgan fingerprint density at radius 1 is 1.26 bits per heavy atom. The summed E-state index contributed by atoms with van der Waals surface area (Å²) in [4.78, 5) is 11.6. The van der Waals surface area contributed by atoms with Gasteiger partial charge in [0.25, 0.3) is 0 Å². The molecule has 6 nitrogen and oxygen atoms in total. The second-order valence-electron chi connectivity index (χ2n) is 4.36. The van der Waals surface area contributed by atoms with E-state index in [4.69, 9.17) is 11.6 Å². The largest absolute Gasteiger partial charge is 0.390 e. The van der Waals surface area contributed by atoms with Gasteiger partial charge in [-0.05, 0) is 24.3 Å². The molecule has 104 valence electrons. The lowest BCUT2D eigenvalue weighted by molar-refractivity contribution is 0.167. The minimum Gasteiger partial charge on any atom is -0.390 e. The van der Waals surface area contributed by atoms with Crippen LogP contribution < -0.4 is 10.6 Å². The van der Waals surface area contributed by atoms with Gasteiger partial charge in [-0.2, -0.15) is 0 Å². The van der Waals surface area contributed by atoms with E-state index in [2.05, 4.69) is 10.6 Å². The lowest BCUT2D eigenvalue weighted by Crippen LogP contribution is -2.44. The number of carbonyl (C=O) groups is 1. The highest BCUT2D eigenvalue weighted by Gasteiger charge is 2.37. The quantitative estimate of drug-likeness (QED) is 0.746. The predicted molar refractivity (Wildman–Crippen MR) is 72.1 cm³/mol. The molecule has 0 spiro atoms. The molecule has 1 fully saturated rings. The Hall–Kier alpha value is -1.31. The monoisotopic (exact) mass is 304 g/mol. The maximum absolute atomic E-state index is 11.6. The summed E-state index contributed by atoms with van der Waals surface area (Å²) in [5.74, 6) is -0.568. The molecule has 0 aromatic heterocycles. The number of urea groups is 1. The zero-order chi connectivity index (χ0) is 14.0. The molecular weight excluding hydrogens is 292 g/mol. The van der Waals surface area contributed by atoms with Gasteiger partial charge in [-0.3, -0.25) is 0 Å². The lowest BCUT2D eigenvalue weighted by atomic mass is 10.2. The zero-order valence-corrected chi connectivity index (χ0v) is 11.4. The highest BCUT2D eigenvalue weighted by molar-refractivity contribution is 7.91. The van der Waals surface area contributed by atoms with Crippen molar-refractivity contribution in [2.24, 2.45) is 0 Å². The Bertz CT molecular complexity index is 573. The van der Waals surface area contributed by atoms with Crippen molar-refractivity contribution in [3.05, 3.63) is 29.3 Å². The maximum Gasteiger partial charge on any atom is 0.319 e. The first-order valence-electron chi connectivity index (χ1n) is 5.57. The van der Waals surface area contributed by atoms with E-state index in [9.17, 15) is 18.3 Å². The van der Waals surface area contributed by atoms with E-state index in [1.54, 1.807) is 24.3 Å². The first-order chi connectivity index (χ1) is 8.85. The number of benzene rings is 1. The molecule has 3 N–H and O–H groups in total. The van der Waals surface area contributed by atoms with Gasteiger partial charge in [0.05, 0.1) is 23.7 Å². The summed E-state index contributed by atoms with van der Waals surface area (Å²) in [5, 5.41) is 15.0. The minimum atomic E-state index is -3.28. The SMILES string of the molecule is O=C(Nc1ccc(Cl)cc1)N[C@@H]1CS(=O)(=O)C[C@H]1O. The molecular formula is C11H13ClN2O4S. The number of aliphatic hydroxyl groups excluding tert-OH is 1. The van der Waals surface area contributed by atoms with Crippen LogP contribution >= 0.6 is 11.6 Å². The molecule has 1 aromatic rings. The summed E-state index contributed by atoms with van der Waals surface area (Å²) < 4.78 is 22.6. The topological polar surface area (TPSA) is 95.5 Å². The van der Waals surface area contributed by atoms with Gasteiger partial charge in [-0.1, -0.05) is 11.6 Å². The van der Waals surface area contributed by atoms with Gasteiger partial charge in [0.15, 0.2) is 9.84 Å². The standard InChI is InChI=1S/C11H13ClN2O4S/c12-7-1-3-8(4-2-7)13-11(16)14-9-5-19(17,18)6-10(9)15/h1-4,9-10,15H,5-6H2,(H2,13,14,16)/t9-,10-/m1/s1. The molecule has 2 amide bonds. The van der Waals surface area contributed by atoms with Crippen LogP contribution in [0.5, 0.6) is 0 Å². The minimum absolute atomic E-state index is 0.248. The van der Waals surface area contributed by atoms with Crippen molar-refractivity contribution in [1.82, 2.24) is 5.32 Å². The number of sulfone groups is 1. The summed E-state index contributed by atoms with van der Waals surface area (Å²) in [5.41, 5.74) is 0.525. The van der Waals surface area contributed by atoms with E-state index in [1.807, 2.05) is 0 Å². The molecule has 0 aliphatic carbocycles. The third-order valence-corrected chi connectivity index (χ3v) is 4.71. The van der Waals surface area contributed by atoms with Crippen LogP contribution in [-0.2, 0) is 9.84 Å². The summed E-state index contributed by atoms with van der Waals surface area (Å²) in [6.07, 6.45) is -1.07. The van der Waals surface area contributed by atoms with Gasteiger partial charge >= 0.3 is 6.03 Å². The molecule has 1 aliphatic rings. The number of nitrogens with one attached hydrogen (secondary N) is 2. The predicted octanol–water partition coefficient (Wildman–Crippen LogP) is 0.619. The van der Waals surface area contributed by atoms with Crippen LogP contribution in [0.4, 0.5) is 10.5 Å². The molecule has 1 aliphatic heterocycles. The Balaban J connectivity index is 1.93. The number of hydrogen-bond donors (Lipinski definition) is 3. The van der Waals surface area contributed by atoms with Crippen molar-refractivity contribution in [3.8, 4) is 0 Å². The molecule has 2 rings (SSSR count). The number of carbonyl (C=O) groups excluding carboxylic acids is 1. The van der Waals surface area contributed by atoms with Gasteiger partial charge in [0.2, 0.25) is 0 Å². The molecule has 0 saturated carbocycles. The first kappa shape index (κ1) is 14.1. The third kappa shape index (κ3) is 3.82. The summed E-state index contributed by atoms with van der Waals surface area (Å²) in [6, 6.07) is 5.12. The average Bonchev–Trinajstić information content (AvgIpc) is 2.55. The summed E-state index contributed by atoms with van der Waals surface area (Å²) >= 11 is 5.71. The zero-order valence-electron chi connectivity index (χ0n) is 9.84. The number of aliphatic hydroxyl groups is 1. The third-order valence-electron chi connectivity index (χ3n) is 2.74. The van der Waals surface area contributed by atoms with Crippen molar-refractivity contribution in [1.29, 1.82) is 0 Å². The van der Waals surface area contributed by atoms with E-state index in [0.717, 1.165) is 0 Å². The molecule has 8 heteroatoms. The van der Waals surface area contributed by atoms with E-state index in [1.165, 1.54) is 0 Å². The van der Waals surface area contributed by atoms with E-state index >= 15 is 0 Å². The maximum atomic E-state index is 11.6. The Morgan fingerprint density at radius 3 is 2.42 bits per heavy atom. The fraction of sp³-hybridized carbons (Fsp3) is 0.364. The van der Waals surface area contributed by atoms with Crippen molar-refractivity contribution in [3.63, 3.8) is 0 Å². The molecule has 1 saturated heterocycles. The van der Waals surface area contributed by atoms with Gasteiger partial charge in [-0.15, -0.1) is 0 Å². The molecule has 1 aromatic carbocycles. The number of halogens is 1. The summed E-state index contributed by atoms with van der Waals surface area (Å²) in [6.45, 7) is 0. The molecule has 19 heavy (non-hydrogen) atoms. The van der Waals surface area contributed by atoms with Crippen molar-refractivity contribution in [2.75, 3.05) is 16.8 Å². The van der Waals surface area contributed by atoms with Crippen molar-refractivity contribution in [2.45, 2.75) is 12.1 Å². The number of hydrogen-bond acceptors (Lipinski definition) is 4. The van der Waals surface area contributed by atoms with Crippen LogP contribution in [0.2, 0.25) is 5.02 Å². The molecule has 0 unspecified atom stereocenters. The highest BCUT2D eigenvalue weighted by atomic mass is 35.5. The van der Waals surface area contributed by atoms with Gasteiger partial charge in [-0.25, -0.2) is 13.2 Å². The second-order valence-corrected chi connectivity index (χ2v) is 6.95. The van der Waals surface area contributed by atoms with Crippen molar-refractivity contribution >= 4 is 33.2 Å². The van der Waals surface area contributed by atoms with Gasteiger partial charge in [0, 0.05) is 10.7 Å². The number of amides is 2. The fourth-order valence-electron chi connectivity index (χ4n) is 1.84. The van der Waals surface area contributed by atoms with Gasteiger partial charge in [0.1, 0.15) is 0 Å². The van der Waals surface area contributed by atoms with E-state index in [0.29, 0.717) is 10.7 Å². The first-order valence-corrected chi connectivity index (χ1v) is 7.77. The fourth-order valence-corrected chi connectivity index (χ4v) is 3.70.